The first kappa shape index (κ1) is 28.7. The summed E-state index contributed by atoms with van der Waals surface area (Å²) in [7, 11) is 5.61. The van der Waals surface area contributed by atoms with E-state index in [1.165, 1.54) is 5.56 Å². The van der Waals surface area contributed by atoms with Gasteiger partial charge in [-0.1, -0.05) is 42.5 Å². The molecule has 5 rings (SSSR count). The summed E-state index contributed by atoms with van der Waals surface area (Å²) in [4.78, 5) is 43.5. The standard InChI is InChI=1S/C33H42N4O4/c1-32(2,3)41-31(40)34-27(19-22-21-36(6)28-14-10-8-11-23(22)28)30(39)37-17-15-33(16-18-37)20-25(29(38)35(4)5)24-12-7-9-13-26(24)33/h7-14,21,25,27H,15-20H2,1-6H3,(H,34,40)/t25-,27?/m1/s1. The number of alkyl carbamates (subject to hydrolysis) is 1. The summed E-state index contributed by atoms with van der Waals surface area (Å²) in [5.74, 6) is -0.133. The van der Waals surface area contributed by atoms with Gasteiger partial charge in [-0.05, 0) is 62.8 Å². The number of hydrogen-bond acceptors (Lipinski definition) is 4. The summed E-state index contributed by atoms with van der Waals surface area (Å²) >= 11 is 0. The molecule has 1 unspecified atom stereocenters. The largest absolute Gasteiger partial charge is 0.444 e. The summed E-state index contributed by atoms with van der Waals surface area (Å²) in [6, 6.07) is 15.6. The zero-order valence-electron chi connectivity index (χ0n) is 25.1. The van der Waals surface area contributed by atoms with Crippen molar-refractivity contribution in [3.8, 4) is 0 Å². The molecular formula is C33H42N4O4. The highest BCUT2D eigenvalue weighted by atomic mass is 16.6. The maximum Gasteiger partial charge on any atom is 0.408 e. The number of hydrogen-bond donors (Lipinski definition) is 1. The molecule has 2 aliphatic rings. The third-order valence-electron chi connectivity index (χ3n) is 8.67. The fourth-order valence-corrected chi connectivity index (χ4v) is 6.73. The summed E-state index contributed by atoms with van der Waals surface area (Å²) in [5, 5.41) is 3.96. The number of fused-ring (bicyclic) bond motifs is 3. The van der Waals surface area contributed by atoms with E-state index in [0.717, 1.165) is 41.3 Å². The average Bonchev–Trinajstić information content (AvgIpc) is 3.41. The molecule has 1 aliphatic heterocycles. The van der Waals surface area contributed by atoms with Crippen LogP contribution >= 0.6 is 0 Å². The van der Waals surface area contributed by atoms with Gasteiger partial charge in [0, 0.05) is 63.2 Å². The number of para-hydroxylation sites is 1. The van der Waals surface area contributed by atoms with E-state index in [1.54, 1.807) is 4.90 Å². The Morgan fingerprint density at radius 1 is 1.05 bits per heavy atom. The van der Waals surface area contributed by atoms with Crippen LogP contribution in [0, 0.1) is 0 Å². The van der Waals surface area contributed by atoms with Gasteiger partial charge in [-0.3, -0.25) is 9.59 Å². The monoisotopic (exact) mass is 558 g/mol. The van der Waals surface area contributed by atoms with E-state index in [2.05, 4.69) is 23.5 Å². The second-order valence-corrected chi connectivity index (χ2v) is 12.9. The fourth-order valence-electron chi connectivity index (χ4n) is 6.73. The molecule has 1 aliphatic carbocycles. The fraction of sp³-hybridized carbons (Fsp3) is 0.485. The number of nitrogens with one attached hydrogen (secondary N) is 1. The van der Waals surface area contributed by atoms with Crippen LogP contribution in [0.5, 0.6) is 0 Å². The summed E-state index contributed by atoms with van der Waals surface area (Å²) in [5.41, 5.74) is 3.63. The van der Waals surface area contributed by atoms with Gasteiger partial charge in [0.25, 0.3) is 0 Å². The van der Waals surface area contributed by atoms with Crippen LogP contribution in [-0.2, 0) is 33.2 Å². The molecule has 218 valence electrons. The smallest absolute Gasteiger partial charge is 0.408 e. The molecule has 1 saturated heterocycles. The van der Waals surface area contributed by atoms with Crippen LogP contribution in [0.1, 0.15) is 62.6 Å². The SMILES string of the molecule is CN(C)C(=O)[C@@H]1CC2(CCN(C(=O)C(Cc3cn(C)c4ccccc34)NC(=O)OC(C)(C)C)CC2)c2ccccc21. The first-order chi connectivity index (χ1) is 19.4. The molecule has 1 N–H and O–H groups in total. The van der Waals surface area contributed by atoms with Crippen LogP contribution in [0.15, 0.2) is 54.7 Å². The van der Waals surface area contributed by atoms with Crippen molar-refractivity contribution in [1.29, 1.82) is 0 Å². The lowest BCUT2D eigenvalue weighted by Crippen LogP contribution is -2.54. The van der Waals surface area contributed by atoms with Crippen molar-refractivity contribution >= 4 is 28.8 Å². The maximum absolute atomic E-state index is 14.0. The number of piperidine rings is 1. The molecule has 0 radical (unpaired) electrons. The first-order valence-corrected chi connectivity index (χ1v) is 14.5. The highest BCUT2D eigenvalue weighted by Gasteiger charge is 2.48. The molecule has 3 aromatic rings. The lowest BCUT2D eigenvalue weighted by molar-refractivity contribution is -0.135. The Bertz CT molecular complexity index is 1460. The number of carbonyl (C=O) groups excluding carboxylic acids is 3. The van der Waals surface area contributed by atoms with Crippen LogP contribution in [0.2, 0.25) is 0 Å². The normalized spacial score (nSPS) is 18.7. The Labute approximate surface area is 242 Å². The molecule has 1 fully saturated rings. The van der Waals surface area contributed by atoms with E-state index in [-0.39, 0.29) is 23.1 Å². The molecule has 8 heteroatoms. The lowest BCUT2D eigenvalue weighted by Gasteiger charge is -2.41. The number of likely N-dealkylation sites (tertiary alicyclic amines) is 1. The van der Waals surface area contributed by atoms with Gasteiger partial charge in [0.05, 0.1) is 5.92 Å². The second kappa shape index (κ2) is 10.9. The summed E-state index contributed by atoms with van der Waals surface area (Å²) < 4.78 is 7.59. The molecule has 2 heterocycles. The van der Waals surface area contributed by atoms with Crippen molar-refractivity contribution in [2.75, 3.05) is 27.2 Å². The number of amides is 3. The van der Waals surface area contributed by atoms with E-state index in [9.17, 15) is 14.4 Å². The third kappa shape index (κ3) is 5.69. The lowest BCUT2D eigenvalue weighted by atomic mass is 9.73. The number of nitrogens with zero attached hydrogens (tertiary/aromatic N) is 3. The van der Waals surface area contributed by atoms with Gasteiger partial charge in [-0.2, -0.15) is 0 Å². The Hall–Kier alpha value is -3.81. The molecule has 3 amide bonds. The predicted octanol–water partition coefficient (Wildman–Crippen LogP) is 4.75. The number of aryl methyl sites for hydroxylation is 1. The average molecular weight is 559 g/mol. The Kier molecular flexibility index (Phi) is 7.62. The zero-order chi connectivity index (χ0) is 29.5. The molecule has 2 atom stereocenters. The number of aromatic nitrogens is 1. The number of carbonyl (C=O) groups is 3. The minimum Gasteiger partial charge on any atom is -0.444 e. The van der Waals surface area contributed by atoms with Crippen molar-refractivity contribution in [3.05, 3.63) is 71.4 Å². The zero-order valence-corrected chi connectivity index (χ0v) is 25.1. The quantitative estimate of drug-likeness (QED) is 0.490. The minimum absolute atomic E-state index is 0.106. The number of benzene rings is 2. The third-order valence-corrected chi connectivity index (χ3v) is 8.67. The van der Waals surface area contributed by atoms with Crippen molar-refractivity contribution in [1.82, 2.24) is 19.7 Å². The van der Waals surface area contributed by atoms with Gasteiger partial charge in [-0.15, -0.1) is 0 Å². The van der Waals surface area contributed by atoms with Gasteiger partial charge >= 0.3 is 6.09 Å². The number of rotatable bonds is 5. The Morgan fingerprint density at radius 3 is 2.39 bits per heavy atom. The predicted molar refractivity (Wildman–Crippen MR) is 160 cm³/mol. The molecule has 2 aromatic carbocycles. The van der Waals surface area contributed by atoms with Crippen molar-refractivity contribution in [3.63, 3.8) is 0 Å². The van der Waals surface area contributed by atoms with E-state index < -0.39 is 17.7 Å². The molecule has 41 heavy (non-hydrogen) atoms. The molecule has 0 saturated carbocycles. The first-order valence-electron chi connectivity index (χ1n) is 14.5. The maximum atomic E-state index is 14.0. The summed E-state index contributed by atoms with van der Waals surface area (Å²) in [6.45, 7) is 6.57. The topological polar surface area (TPSA) is 83.9 Å². The highest BCUT2D eigenvalue weighted by molar-refractivity contribution is 5.89. The molecule has 0 bridgehead atoms. The van der Waals surface area contributed by atoms with Crippen LogP contribution in [-0.4, -0.2) is 71.1 Å². The van der Waals surface area contributed by atoms with E-state index in [4.69, 9.17) is 4.74 Å². The molecular weight excluding hydrogens is 516 g/mol. The van der Waals surface area contributed by atoms with Crippen LogP contribution in [0.3, 0.4) is 0 Å². The van der Waals surface area contributed by atoms with Crippen molar-refractivity contribution < 1.29 is 19.1 Å². The molecule has 1 spiro atoms. The Balaban J connectivity index is 1.37. The molecule has 1 aromatic heterocycles. The van der Waals surface area contributed by atoms with Gasteiger partial charge in [0.1, 0.15) is 11.6 Å². The van der Waals surface area contributed by atoms with Crippen molar-refractivity contribution in [2.24, 2.45) is 7.05 Å². The van der Waals surface area contributed by atoms with Crippen LogP contribution < -0.4 is 5.32 Å². The van der Waals surface area contributed by atoms with Gasteiger partial charge < -0.3 is 24.4 Å². The van der Waals surface area contributed by atoms with Crippen molar-refractivity contribution in [2.45, 2.75) is 69.4 Å². The molecule has 8 nitrogen and oxygen atoms in total. The van der Waals surface area contributed by atoms with Gasteiger partial charge in [0.2, 0.25) is 11.8 Å². The minimum atomic E-state index is -0.761. The van der Waals surface area contributed by atoms with E-state index >= 15 is 0 Å². The highest BCUT2D eigenvalue weighted by Crippen LogP contribution is 2.52. The van der Waals surface area contributed by atoms with E-state index in [1.807, 2.05) is 87.9 Å². The van der Waals surface area contributed by atoms with E-state index in [0.29, 0.717) is 19.5 Å². The van der Waals surface area contributed by atoms with Gasteiger partial charge in [-0.25, -0.2) is 4.79 Å². The van der Waals surface area contributed by atoms with Gasteiger partial charge in [0.15, 0.2) is 0 Å². The summed E-state index contributed by atoms with van der Waals surface area (Å²) in [6.07, 6.45) is 4.12. The second-order valence-electron chi connectivity index (χ2n) is 12.9. The Morgan fingerprint density at radius 2 is 1.71 bits per heavy atom. The number of ether oxygens (including phenoxy) is 1. The van der Waals surface area contributed by atoms with Crippen LogP contribution in [0.25, 0.3) is 10.9 Å². The van der Waals surface area contributed by atoms with Crippen LogP contribution in [0.4, 0.5) is 4.79 Å². The number of likely N-dealkylation sites (N-methyl/N-ethyl adjacent to an activating group) is 1.